The Labute approximate surface area is 134 Å². The Bertz CT molecular complexity index is 836. The molecule has 6 heteroatoms. The predicted molar refractivity (Wildman–Crippen MR) is 92.9 cm³/mol. The molecular formula is C17H18N6. The Kier molecular flexibility index (Phi) is 3.42. The first-order valence-corrected chi connectivity index (χ1v) is 7.79. The molecule has 0 spiro atoms. The molecule has 0 atom stereocenters. The minimum absolute atomic E-state index is 0.585. The second kappa shape index (κ2) is 5.72. The van der Waals surface area contributed by atoms with E-state index in [1.54, 1.807) is 12.5 Å². The van der Waals surface area contributed by atoms with Crippen molar-refractivity contribution in [3.63, 3.8) is 0 Å². The van der Waals surface area contributed by atoms with E-state index in [2.05, 4.69) is 25.2 Å². The molecular weight excluding hydrogens is 288 g/mol. The average molecular weight is 306 g/mol. The number of aromatic nitrogens is 3. The first-order valence-electron chi connectivity index (χ1n) is 7.79. The molecule has 0 bridgehead atoms. The summed E-state index contributed by atoms with van der Waals surface area (Å²) in [5.74, 6) is 1.44. The van der Waals surface area contributed by atoms with Crippen molar-refractivity contribution in [2.45, 2.75) is 12.8 Å². The van der Waals surface area contributed by atoms with Gasteiger partial charge in [-0.15, -0.1) is 0 Å². The monoisotopic (exact) mass is 306 g/mol. The summed E-state index contributed by atoms with van der Waals surface area (Å²) in [4.78, 5) is 15.3. The molecule has 4 rings (SSSR count). The molecule has 0 aliphatic carbocycles. The fourth-order valence-electron chi connectivity index (χ4n) is 3.00. The molecule has 1 aliphatic rings. The van der Waals surface area contributed by atoms with Crippen LogP contribution in [0.5, 0.6) is 0 Å². The number of rotatable bonds is 3. The summed E-state index contributed by atoms with van der Waals surface area (Å²) in [6.07, 6.45) is 5.70. The fraction of sp³-hybridized carbons (Fsp3) is 0.235. The summed E-state index contributed by atoms with van der Waals surface area (Å²) >= 11 is 0. The predicted octanol–water partition coefficient (Wildman–Crippen LogP) is 2.95. The topological polar surface area (TPSA) is 80.0 Å². The molecule has 0 amide bonds. The minimum atomic E-state index is 0.585. The molecule has 3 N–H and O–H groups in total. The van der Waals surface area contributed by atoms with Gasteiger partial charge in [0.15, 0.2) is 11.6 Å². The normalized spacial score (nSPS) is 14.3. The van der Waals surface area contributed by atoms with E-state index in [-0.39, 0.29) is 0 Å². The fourth-order valence-corrected chi connectivity index (χ4v) is 3.00. The van der Waals surface area contributed by atoms with Gasteiger partial charge in [-0.25, -0.2) is 9.97 Å². The van der Waals surface area contributed by atoms with E-state index in [0.29, 0.717) is 11.5 Å². The number of nitrogen functional groups attached to an aromatic ring is 1. The highest BCUT2D eigenvalue weighted by Crippen LogP contribution is 2.32. The highest BCUT2D eigenvalue weighted by Gasteiger charge is 2.18. The van der Waals surface area contributed by atoms with Crippen LogP contribution in [0.2, 0.25) is 0 Å². The van der Waals surface area contributed by atoms with E-state index in [4.69, 9.17) is 5.73 Å². The van der Waals surface area contributed by atoms with Gasteiger partial charge in [0.05, 0.1) is 11.2 Å². The molecule has 3 aromatic rings. The van der Waals surface area contributed by atoms with Crippen LogP contribution in [0.1, 0.15) is 12.8 Å². The van der Waals surface area contributed by atoms with Gasteiger partial charge in [0, 0.05) is 24.7 Å². The number of pyridine rings is 1. The van der Waals surface area contributed by atoms with Crippen molar-refractivity contribution in [1.82, 2.24) is 15.0 Å². The van der Waals surface area contributed by atoms with Crippen LogP contribution in [0.15, 0.2) is 42.9 Å². The van der Waals surface area contributed by atoms with Gasteiger partial charge in [-0.3, -0.25) is 4.98 Å². The maximum Gasteiger partial charge on any atom is 0.159 e. The van der Waals surface area contributed by atoms with E-state index in [1.807, 2.05) is 30.3 Å². The third-order valence-electron chi connectivity index (χ3n) is 4.15. The molecule has 3 heterocycles. The molecule has 1 aromatic carbocycles. The number of nitrogens with two attached hydrogens (primary N) is 1. The van der Waals surface area contributed by atoms with Crippen LogP contribution in [-0.4, -0.2) is 28.0 Å². The summed E-state index contributed by atoms with van der Waals surface area (Å²) in [5.41, 5.74) is 8.68. The summed E-state index contributed by atoms with van der Waals surface area (Å²) in [6.45, 7) is 1.99. The van der Waals surface area contributed by atoms with Crippen molar-refractivity contribution < 1.29 is 0 Å². The maximum atomic E-state index is 6.31. The van der Waals surface area contributed by atoms with Crippen LogP contribution in [0, 0.1) is 0 Å². The summed E-state index contributed by atoms with van der Waals surface area (Å²) in [7, 11) is 0. The molecule has 1 saturated heterocycles. The van der Waals surface area contributed by atoms with Crippen LogP contribution in [0.4, 0.5) is 23.0 Å². The van der Waals surface area contributed by atoms with E-state index in [0.717, 1.165) is 35.5 Å². The van der Waals surface area contributed by atoms with E-state index >= 15 is 0 Å². The number of fused-ring (bicyclic) bond motifs is 1. The Morgan fingerprint density at radius 3 is 2.70 bits per heavy atom. The van der Waals surface area contributed by atoms with Gasteiger partial charge in [-0.2, -0.15) is 0 Å². The van der Waals surface area contributed by atoms with Crippen molar-refractivity contribution in [3.8, 4) is 0 Å². The number of nitrogens with one attached hydrogen (secondary N) is 1. The van der Waals surface area contributed by atoms with Gasteiger partial charge in [-0.05, 0) is 25.0 Å². The molecule has 1 fully saturated rings. The maximum absolute atomic E-state index is 6.31. The quantitative estimate of drug-likeness (QED) is 0.774. The molecule has 0 saturated carbocycles. The Balaban J connectivity index is 1.72. The van der Waals surface area contributed by atoms with Gasteiger partial charge in [-0.1, -0.05) is 18.2 Å². The number of hydrogen-bond acceptors (Lipinski definition) is 6. The zero-order valence-corrected chi connectivity index (χ0v) is 12.7. The number of nitrogens with zero attached hydrogens (tertiary/aromatic N) is 4. The van der Waals surface area contributed by atoms with E-state index in [1.165, 1.54) is 12.8 Å². The van der Waals surface area contributed by atoms with E-state index < -0.39 is 0 Å². The minimum Gasteiger partial charge on any atom is -0.393 e. The summed E-state index contributed by atoms with van der Waals surface area (Å²) < 4.78 is 0. The highest BCUT2D eigenvalue weighted by molar-refractivity contribution is 5.93. The van der Waals surface area contributed by atoms with Crippen molar-refractivity contribution in [2.24, 2.45) is 0 Å². The smallest absolute Gasteiger partial charge is 0.159 e. The summed E-state index contributed by atoms with van der Waals surface area (Å²) in [6, 6.07) is 9.97. The summed E-state index contributed by atoms with van der Waals surface area (Å²) in [5, 5.41) is 4.39. The zero-order valence-electron chi connectivity index (χ0n) is 12.7. The van der Waals surface area contributed by atoms with Crippen LogP contribution in [0.3, 0.4) is 0 Å². The molecule has 116 valence electrons. The van der Waals surface area contributed by atoms with E-state index in [9.17, 15) is 0 Å². The second-order valence-corrected chi connectivity index (χ2v) is 5.66. The first-order chi connectivity index (χ1) is 11.3. The SMILES string of the molecule is Nc1c(Nc2cccc3cccnc23)ncnc1N1CCCC1. The van der Waals surface area contributed by atoms with Gasteiger partial charge in [0.2, 0.25) is 0 Å². The number of benzene rings is 1. The lowest BCUT2D eigenvalue weighted by molar-refractivity contribution is 0.931. The van der Waals surface area contributed by atoms with Crippen LogP contribution >= 0.6 is 0 Å². The molecule has 6 nitrogen and oxygen atoms in total. The molecule has 0 unspecified atom stereocenters. The lowest BCUT2D eigenvalue weighted by Gasteiger charge is -2.19. The van der Waals surface area contributed by atoms with Gasteiger partial charge in [0.1, 0.15) is 12.0 Å². The Hall–Kier alpha value is -2.89. The van der Waals surface area contributed by atoms with Gasteiger partial charge in [0.25, 0.3) is 0 Å². The average Bonchev–Trinajstić information content (AvgIpc) is 3.11. The van der Waals surface area contributed by atoms with Crippen molar-refractivity contribution >= 4 is 33.9 Å². The van der Waals surface area contributed by atoms with Crippen LogP contribution in [-0.2, 0) is 0 Å². The second-order valence-electron chi connectivity index (χ2n) is 5.66. The number of hydrogen-bond donors (Lipinski definition) is 2. The van der Waals surface area contributed by atoms with Crippen molar-refractivity contribution in [1.29, 1.82) is 0 Å². The Morgan fingerprint density at radius 1 is 1.00 bits per heavy atom. The van der Waals surface area contributed by atoms with Crippen LogP contribution in [0.25, 0.3) is 10.9 Å². The molecule has 1 aliphatic heterocycles. The van der Waals surface area contributed by atoms with Crippen LogP contribution < -0.4 is 16.0 Å². The Morgan fingerprint density at radius 2 is 1.83 bits per heavy atom. The lowest BCUT2D eigenvalue weighted by atomic mass is 10.2. The standard InChI is InChI=1S/C17H18N6/c18-14-16(20-11-21-17(14)23-9-1-2-10-23)22-13-7-3-5-12-6-4-8-19-15(12)13/h3-8,11H,1-2,9-10,18H2,(H,20,21,22). The largest absolute Gasteiger partial charge is 0.393 e. The third kappa shape index (κ3) is 2.52. The van der Waals surface area contributed by atoms with Crippen molar-refractivity contribution in [3.05, 3.63) is 42.9 Å². The highest BCUT2D eigenvalue weighted by atomic mass is 15.2. The molecule has 23 heavy (non-hydrogen) atoms. The first kappa shape index (κ1) is 13.8. The lowest BCUT2D eigenvalue weighted by Crippen LogP contribution is -2.21. The third-order valence-corrected chi connectivity index (χ3v) is 4.15. The molecule has 2 aromatic heterocycles. The molecule has 0 radical (unpaired) electrons. The van der Waals surface area contributed by atoms with Gasteiger partial charge >= 0.3 is 0 Å². The number of para-hydroxylation sites is 1. The zero-order chi connectivity index (χ0) is 15.6. The number of anilines is 4. The van der Waals surface area contributed by atoms with Crippen molar-refractivity contribution in [2.75, 3.05) is 29.0 Å². The van der Waals surface area contributed by atoms with Gasteiger partial charge < -0.3 is 16.0 Å².